The highest BCUT2D eigenvalue weighted by Crippen LogP contribution is 2.52. The lowest BCUT2D eigenvalue weighted by atomic mass is 9.68. The van der Waals surface area contributed by atoms with E-state index < -0.39 is 16.3 Å². The second-order valence-electron chi connectivity index (χ2n) is 11.9. The highest BCUT2D eigenvalue weighted by molar-refractivity contribution is 6.32. The van der Waals surface area contributed by atoms with Crippen molar-refractivity contribution in [1.29, 1.82) is 5.26 Å². The summed E-state index contributed by atoms with van der Waals surface area (Å²) in [5.41, 5.74) is 10.8. The number of nitro groups is 1. The lowest BCUT2D eigenvalue weighted by Crippen LogP contribution is -2.42. The summed E-state index contributed by atoms with van der Waals surface area (Å²) in [4.78, 5) is 27.3. The molecule has 0 radical (unpaired) electrons. The van der Waals surface area contributed by atoms with Gasteiger partial charge in [-0.2, -0.15) is 5.26 Å². The number of aryl methyl sites for hydroxylation is 1. The number of hydrogen-bond acceptors (Lipinski definition) is 8. The molecule has 0 aromatic heterocycles. The standard InChI is InChI=1S/C34H33ClN4O5/c1-19-12-21(18-44-30-9-7-6-8-25(30)35)20(2)23(13-19)31-24(17-36)33(37)38(28-15-34(3,4)16-29(40)32(28)31)26-11-10-22(43-5)14-27(26)39(41)42/h6-14,31H,15-16,18,37H2,1-5H3. The maximum atomic E-state index is 14.1. The molecule has 9 nitrogen and oxygen atoms in total. The summed E-state index contributed by atoms with van der Waals surface area (Å²) in [6, 6.07) is 17.9. The van der Waals surface area contributed by atoms with E-state index in [9.17, 15) is 20.2 Å². The number of benzene rings is 3. The number of nitrogens with zero attached hydrogens (tertiary/aromatic N) is 3. The van der Waals surface area contributed by atoms with E-state index in [4.69, 9.17) is 26.8 Å². The number of methoxy groups -OCH3 is 1. The van der Waals surface area contributed by atoms with Gasteiger partial charge in [0, 0.05) is 17.7 Å². The summed E-state index contributed by atoms with van der Waals surface area (Å²) in [5.74, 6) is 0.00507. The Morgan fingerprint density at radius 2 is 1.89 bits per heavy atom. The Labute approximate surface area is 261 Å². The van der Waals surface area contributed by atoms with Crippen LogP contribution in [0.25, 0.3) is 0 Å². The molecule has 2 aliphatic rings. The molecule has 10 heteroatoms. The smallest absolute Gasteiger partial charge is 0.296 e. The zero-order chi connectivity index (χ0) is 31.9. The van der Waals surface area contributed by atoms with Crippen LogP contribution in [0.5, 0.6) is 11.5 Å². The summed E-state index contributed by atoms with van der Waals surface area (Å²) < 4.78 is 11.3. The van der Waals surface area contributed by atoms with Gasteiger partial charge in [0.1, 0.15) is 29.6 Å². The molecule has 0 bridgehead atoms. The van der Waals surface area contributed by atoms with E-state index in [0.29, 0.717) is 34.2 Å². The first-order valence-corrected chi connectivity index (χ1v) is 14.5. The van der Waals surface area contributed by atoms with Crippen LogP contribution in [0.1, 0.15) is 54.9 Å². The minimum atomic E-state index is -0.758. The summed E-state index contributed by atoms with van der Waals surface area (Å²) >= 11 is 6.32. The second-order valence-corrected chi connectivity index (χ2v) is 12.4. The van der Waals surface area contributed by atoms with Crippen LogP contribution in [0.15, 0.2) is 77.3 Å². The minimum absolute atomic E-state index is 0.0461. The van der Waals surface area contributed by atoms with Crippen molar-refractivity contribution in [3.8, 4) is 17.6 Å². The van der Waals surface area contributed by atoms with Gasteiger partial charge in [-0.1, -0.05) is 55.3 Å². The average molecular weight is 613 g/mol. The van der Waals surface area contributed by atoms with Gasteiger partial charge < -0.3 is 15.2 Å². The fourth-order valence-corrected chi connectivity index (χ4v) is 6.38. The van der Waals surface area contributed by atoms with E-state index in [1.807, 2.05) is 52.0 Å². The van der Waals surface area contributed by atoms with Gasteiger partial charge in [0.05, 0.1) is 40.7 Å². The Balaban J connectivity index is 1.72. The van der Waals surface area contributed by atoms with Crippen LogP contribution in [-0.2, 0) is 11.4 Å². The molecule has 2 N–H and O–H groups in total. The van der Waals surface area contributed by atoms with Crippen molar-refractivity contribution < 1.29 is 19.2 Å². The van der Waals surface area contributed by atoms with Crippen LogP contribution in [0.4, 0.5) is 11.4 Å². The zero-order valence-corrected chi connectivity index (χ0v) is 26.0. The zero-order valence-electron chi connectivity index (χ0n) is 25.2. The SMILES string of the molecule is COc1ccc(N2C(N)=C(C#N)C(c3cc(C)cc(COc4ccccc4Cl)c3C)C3=C2CC(C)(C)CC3=O)c([N+](=O)[O-])c1. The largest absolute Gasteiger partial charge is 0.496 e. The third kappa shape index (κ3) is 5.49. The molecule has 3 aromatic carbocycles. The Hall–Kier alpha value is -4.81. The van der Waals surface area contributed by atoms with Crippen LogP contribution < -0.4 is 20.1 Å². The van der Waals surface area contributed by atoms with Crippen molar-refractivity contribution in [2.24, 2.45) is 11.1 Å². The van der Waals surface area contributed by atoms with Crippen molar-refractivity contribution in [3.05, 3.63) is 115 Å². The van der Waals surface area contributed by atoms with Gasteiger partial charge in [-0.3, -0.25) is 19.8 Å². The van der Waals surface area contributed by atoms with Crippen molar-refractivity contribution in [2.45, 2.75) is 53.1 Å². The van der Waals surface area contributed by atoms with E-state index in [1.165, 1.54) is 24.1 Å². The number of ether oxygens (including phenoxy) is 2. The van der Waals surface area contributed by atoms with E-state index in [2.05, 4.69) is 6.07 Å². The highest BCUT2D eigenvalue weighted by Gasteiger charge is 2.46. The van der Waals surface area contributed by atoms with E-state index in [-0.39, 0.29) is 41.6 Å². The Kier molecular flexibility index (Phi) is 8.15. The number of rotatable bonds is 7. The monoisotopic (exact) mass is 612 g/mol. The van der Waals surface area contributed by atoms with Crippen LogP contribution >= 0.6 is 11.6 Å². The summed E-state index contributed by atoms with van der Waals surface area (Å²) in [6.07, 6.45) is 0.674. The number of nitro benzene ring substituents is 1. The van der Waals surface area contributed by atoms with Gasteiger partial charge in [0.2, 0.25) is 0 Å². The molecule has 3 aromatic rings. The lowest BCUT2D eigenvalue weighted by molar-refractivity contribution is -0.384. The molecule has 0 fully saturated rings. The predicted molar refractivity (Wildman–Crippen MR) is 168 cm³/mol. The highest BCUT2D eigenvalue weighted by atomic mass is 35.5. The maximum absolute atomic E-state index is 14.1. The predicted octanol–water partition coefficient (Wildman–Crippen LogP) is 7.39. The van der Waals surface area contributed by atoms with Gasteiger partial charge in [0.15, 0.2) is 5.78 Å². The summed E-state index contributed by atoms with van der Waals surface area (Å²) in [7, 11) is 1.42. The van der Waals surface area contributed by atoms with Gasteiger partial charge in [-0.25, -0.2) is 0 Å². The molecule has 1 aliphatic carbocycles. The molecule has 0 saturated carbocycles. The summed E-state index contributed by atoms with van der Waals surface area (Å²) in [5, 5.41) is 23.3. The van der Waals surface area contributed by atoms with Crippen molar-refractivity contribution in [2.75, 3.05) is 12.0 Å². The first kappa shape index (κ1) is 30.6. The number of para-hydroxylation sites is 1. The Bertz CT molecular complexity index is 1800. The molecule has 0 saturated heterocycles. The number of nitriles is 1. The summed E-state index contributed by atoms with van der Waals surface area (Å²) in [6.45, 7) is 8.05. The second kappa shape index (κ2) is 11.7. The van der Waals surface area contributed by atoms with Gasteiger partial charge in [-0.05, 0) is 66.6 Å². The minimum Gasteiger partial charge on any atom is -0.496 e. The first-order valence-electron chi connectivity index (χ1n) is 14.1. The van der Waals surface area contributed by atoms with Crippen LogP contribution in [-0.4, -0.2) is 17.8 Å². The van der Waals surface area contributed by atoms with Crippen LogP contribution in [0, 0.1) is 40.7 Å². The van der Waals surface area contributed by atoms with Crippen LogP contribution in [0.3, 0.4) is 0 Å². The number of carbonyl (C=O) groups excluding carboxylic acids is 1. The van der Waals surface area contributed by atoms with E-state index in [1.54, 1.807) is 18.2 Å². The molecule has 5 rings (SSSR count). The lowest BCUT2D eigenvalue weighted by Gasteiger charge is -2.43. The Morgan fingerprint density at radius 3 is 2.55 bits per heavy atom. The maximum Gasteiger partial charge on any atom is 0.296 e. The molecule has 1 unspecified atom stereocenters. The number of carbonyl (C=O) groups is 1. The number of nitrogens with two attached hydrogens (primary N) is 1. The normalized spacial score (nSPS) is 17.7. The molecule has 1 atom stereocenters. The molecule has 0 amide bonds. The fraction of sp³-hybridized carbons (Fsp3) is 0.294. The molecule has 0 spiro atoms. The van der Waals surface area contributed by atoms with Crippen LogP contribution in [0.2, 0.25) is 5.02 Å². The van der Waals surface area contributed by atoms with Crippen molar-refractivity contribution in [3.63, 3.8) is 0 Å². The van der Waals surface area contributed by atoms with Gasteiger partial charge in [0.25, 0.3) is 5.69 Å². The number of allylic oxidation sites excluding steroid dienone is 3. The molecule has 1 heterocycles. The number of halogens is 1. The molecule has 1 aliphatic heterocycles. The Morgan fingerprint density at radius 1 is 1.16 bits per heavy atom. The number of hydrogen-bond donors (Lipinski definition) is 1. The van der Waals surface area contributed by atoms with Crippen molar-refractivity contribution in [1.82, 2.24) is 0 Å². The number of Topliss-reactive ketones (excluding diaryl/α,β-unsaturated/α-hetero) is 1. The average Bonchev–Trinajstić information content (AvgIpc) is 2.96. The molecule has 44 heavy (non-hydrogen) atoms. The first-order chi connectivity index (χ1) is 20.9. The van der Waals surface area contributed by atoms with Crippen molar-refractivity contribution >= 4 is 28.8 Å². The fourth-order valence-electron chi connectivity index (χ4n) is 6.19. The third-order valence-corrected chi connectivity index (χ3v) is 8.54. The molecular weight excluding hydrogens is 580 g/mol. The van der Waals surface area contributed by atoms with E-state index >= 15 is 0 Å². The van der Waals surface area contributed by atoms with Gasteiger partial charge in [-0.15, -0.1) is 0 Å². The van der Waals surface area contributed by atoms with Gasteiger partial charge >= 0.3 is 0 Å². The quantitative estimate of drug-likeness (QED) is 0.216. The topological polar surface area (TPSA) is 132 Å². The number of ketones is 1. The van der Waals surface area contributed by atoms with E-state index in [0.717, 1.165) is 22.3 Å². The molecular formula is C34H33ClN4O5. The third-order valence-electron chi connectivity index (χ3n) is 8.23. The number of anilines is 1. The molecule has 226 valence electrons.